The highest BCUT2D eigenvalue weighted by atomic mass is 16.5. The largest absolute Gasteiger partial charge is 0.480 e. The lowest BCUT2D eigenvalue weighted by atomic mass is 10.2. The summed E-state index contributed by atoms with van der Waals surface area (Å²) in [6, 6.07) is 1.69. The molecule has 0 spiro atoms. The molecular weight excluding hydrogens is 266 g/mol. The van der Waals surface area contributed by atoms with Crippen molar-refractivity contribution in [3.63, 3.8) is 0 Å². The lowest BCUT2D eigenvalue weighted by Crippen LogP contribution is -2.32. The number of aliphatic carboxylic acids is 1. The fourth-order valence-corrected chi connectivity index (χ4v) is 1.56. The molecule has 0 atom stereocenters. The predicted octanol–water partition coefficient (Wildman–Crippen LogP) is 0.805. The van der Waals surface area contributed by atoms with Gasteiger partial charge in [-0.3, -0.25) is 9.59 Å². The molecule has 2 rings (SSSR count). The van der Waals surface area contributed by atoms with Crippen molar-refractivity contribution in [2.75, 3.05) is 13.6 Å². The van der Waals surface area contributed by atoms with Gasteiger partial charge in [-0.25, -0.2) is 0 Å². The van der Waals surface area contributed by atoms with E-state index >= 15 is 0 Å². The number of amides is 1. The van der Waals surface area contributed by atoms with E-state index in [2.05, 4.69) is 10.1 Å². The molecule has 0 unspecified atom stereocenters. The van der Waals surface area contributed by atoms with Crippen LogP contribution in [0.5, 0.6) is 0 Å². The van der Waals surface area contributed by atoms with Crippen LogP contribution in [0, 0.1) is 0 Å². The first-order valence-corrected chi connectivity index (χ1v) is 5.87. The van der Waals surface area contributed by atoms with E-state index in [1.807, 2.05) is 0 Å². The van der Waals surface area contributed by atoms with E-state index in [9.17, 15) is 9.59 Å². The van der Waals surface area contributed by atoms with Crippen LogP contribution in [-0.2, 0) is 16.0 Å². The molecule has 0 aliphatic heterocycles. The van der Waals surface area contributed by atoms with Gasteiger partial charge in [0.15, 0.2) is 0 Å². The molecule has 0 saturated heterocycles. The molecule has 0 bridgehead atoms. The van der Waals surface area contributed by atoms with Gasteiger partial charge >= 0.3 is 5.97 Å². The molecule has 2 aromatic heterocycles. The van der Waals surface area contributed by atoms with Crippen LogP contribution in [0.25, 0.3) is 11.4 Å². The molecule has 1 amide bonds. The summed E-state index contributed by atoms with van der Waals surface area (Å²) in [5.41, 5.74) is 0.689. The summed E-state index contributed by atoms with van der Waals surface area (Å²) in [7, 11) is 1.43. The fraction of sp³-hybridized carbons (Fsp3) is 0.333. The lowest BCUT2D eigenvalue weighted by molar-refractivity contribution is -0.143. The zero-order valence-electron chi connectivity index (χ0n) is 10.8. The highest BCUT2D eigenvalue weighted by Crippen LogP contribution is 2.16. The summed E-state index contributed by atoms with van der Waals surface area (Å²) in [6.07, 6.45) is 3.35. The number of carbonyl (C=O) groups is 2. The van der Waals surface area contributed by atoms with Crippen LogP contribution < -0.4 is 0 Å². The third-order valence-corrected chi connectivity index (χ3v) is 2.60. The number of carboxylic acid groups (broad SMARTS) is 1. The summed E-state index contributed by atoms with van der Waals surface area (Å²) in [4.78, 5) is 27.4. The second-order valence-corrected chi connectivity index (χ2v) is 4.17. The SMILES string of the molecule is CN(CC(=O)O)C(=O)CCc1nc(-c2ccoc2)no1. The first kappa shape index (κ1) is 13.8. The van der Waals surface area contributed by atoms with Crippen molar-refractivity contribution >= 4 is 11.9 Å². The Morgan fingerprint density at radius 3 is 2.90 bits per heavy atom. The van der Waals surface area contributed by atoms with Crippen LogP contribution in [0.4, 0.5) is 0 Å². The molecule has 0 aliphatic carbocycles. The number of furan rings is 1. The second-order valence-electron chi connectivity index (χ2n) is 4.17. The molecule has 0 radical (unpaired) electrons. The van der Waals surface area contributed by atoms with Gasteiger partial charge in [0.1, 0.15) is 12.8 Å². The van der Waals surface area contributed by atoms with Gasteiger partial charge in [-0.2, -0.15) is 4.98 Å². The molecule has 0 fully saturated rings. The van der Waals surface area contributed by atoms with E-state index in [4.69, 9.17) is 14.0 Å². The van der Waals surface area contributed by atoms with Crippen molar-refractivity contribution in [1.29, 1.82) is 0 Å². The van der Waals surface area contributed by atoms with Crippen LogP contribution in [-0.4, -0.2) is 45.6 Å². The van der Waals surface area contributed by atoms with Gasteiger partial charge in [-0.15, -0.1) is 0 Å². The topological polar surface area (TPSA) is 110 Å². The molecular formula is C12H13N3O5. The van der Waals surface area contributed by atoms with Crippen molar-refractivity contribution < 1.29 is 23.6 Å². The smallest absolute Gasteiger partial charge is 0.323 e. The molecule has 8 heteroatoms. The number of hydrogen-bond donors (Lipinski definition) is 1. The highest BCUT2D eigenvalue weighted by Gasteiger charge is 2.15. The van der Waals surface area contributed by atoms with Crippen LogP contribution in [0.1, 0.15) is 12.3 Å². The van der Waals surface area contributed by atoms with Gasteiger partial charge in [0.25, 0.3) is 0 Å². The van der Waals surface area contributed by atoms with E-state index < -0.39 is 5.97 Å². The van der Waals surface area contributed by atoms with Crippen molar-refractivity contribution in [3.8, 4) is 11.4 Å². The van der Waals surface area contributed by atoms with Gasteiger partial charge < -0.3 is 18.9 Å². The van der Waals surface area contributed by atoms with E-state index in [-0.39, 0.29) is 25.3 Å². The maximum absolute atomic E-state index is 11.6. The normalized spacial score (nSPS) is 10.4. The molecule has 0 saturated carbocycles. The van der Waals surface area contributed by atoms with Crippen molar-refractivity contribution in [2.45, 2.75) is 12.8 Å². The number of carboxylic acids is 1. The average Bonchev–Trinajstić information content (AvgIpc) is 3.05. The number of likely N-dealkylation sites (N-methyl/N-ethyl adjacent to an activating group) is 1. The Morgan fingerprint density at radius 2 is 2.25 bits per heavy atom. The monoisotopic (exact) mass is 279 g/mol. The minimum Gasteiger partial charge on any atom is -0.480 e. The van der Waals surface area contributed by atoms with Crippen LogP contribution >= 0.6 is 0 Å². The van der Waals surface area contributed by atoms with Crippen LogP contribution in [0.15, 0.2) is 27.5 Å². The van der Waals surface area contributed by atoms with E-state index in [0.717, 1.165) is 4.90 Å². The number of aromatic nitrogens is 2. The van der Waals surface area contributed by atoms with Gasteiger partial charge in [0.05, 0.1) is 11.8 Å². The average molecular weight is 279 g/mol. The summed E-state index contributed by atoms with van der Waals surface area (Å²) in [5.74, 6) is -0.644. The Labute approximate surface area is 114 Å². The van der Waals surface area contributed by atoms with Crippen molar-refractivity contribution in [3.05, 3.63) is 24.5 Å². The third-order valence-electron chi connectivity index (χ3n) is 2.60. The van der Waals surface area contributed by atoms with E-state index in [1.165, 1.54) is 19.6 Å². The second kappa shape index (κ2) is 6.00. The number of aryl methyl sites for hydroxylation is 1. The van der Waals surface area contributed by atoms with Crippen molar-refractivity contribution in [1.82, 2.24) is 15.0 Å². The predicted molar refractivity (Wildman–Crippen MR) is 65.6 cm³/mol. The van der Waals surface area contributed by atoms with Crippen LogP contribution in [0.2, 0.25) is 0 Å². The Bertz CT molecular complexity index is 590. The Morgan fingerprint density at radius 1 is 1.45 bits per heavy atom. The number of carbonyl (C=O) groups excluding carboxylic acids is 1. The summed E-state index contributed by atoms with van der Waals surface area (Å²) >= 11 is 0. The molecule has 106 valence electrons. The van der Waals surface area contributed by atoms with Gasteiger partial charge in [-0.05, 0) is 6.07 Å². The number of hydrogen-bond acceptors (Lipinski definition) is 6. The Hall–Kier alpha value is -2.64. The summed E-state index contributed by atoms with van der Waals surface area (Å²) in [5, 5.41) is 12.3. The third kappa shape index (κ3) is 3.44. The summed E-state index contributed by atoms with van der Waals surface area (Å²) in [6.45, 7) is -0.330. The maximum atomic E-state index is 11.6. The lowest BCUT2D eigenvalue weighted by Gasteiger charge is -2.13. The first-order chi connectivity index (χ1) is 9.56. The van der Waals surface area contributed by atoms with Gasteiger partial charge in [-0.1, -0.05) is 5.16 Å². The highest BCUT2D eigenvalue weighted by molar-refractivity contribution is 5.81. The molecule has 2 aromatic rings. The minimum atomic E-state index is -1.05. The zero-order valence-corrected chi connectivity index (χ0v) is 10.8. The molecule has 0 aliphatic rings. The van der Waals surface area contributed by atoms with Crippen LogP contribution in [0.3, 0.4) is 0 Å². The van der Waals surface area contributed by atoms with E-state index in [0.29, 0.717) is 17.3 Å². The molecule has 0 aromatic carbocycles. The number of rotatable bonds is 6. The van der Waals surface area contributed by atoms with Gasteiger partial charge in [0.2, 0.25) is 17.6 Å². The Kier molecular flexibility index (Phi) is 4.14. The maximum Gasteiger partial charge on any atom is 0.323 e. The minimum absolute atomic E-state index is 0.108. The molecule has 1 N–H and O–H groups in total. The van der Waals surface area contributed by atoms with Gasteiger partial charge in [0, 0.05) is 19.9 Å². The number of nitrogens with zero attached hydrogens (tertiary/aromatic N) is 3. The van der Waals surface area contributed by atoms with Crippen molar-refractivity contribution in [2.24, 2.45) is 0 Å². The molecule has 2 heterocycles. The quantitative estimate of drug-likeness (QED) is 0.832. The molecule has 20 heavy (non-hydrogen) atoms. The fourth-order valence-electron chi connectivity index (χ4n) is 1.56. The zero-order chi connectivity index (χ0) is 14.5. The first-order valence-electron chi connectivity index (χ1n) is 5.87. The molecule has 8 nitrogen and oxygen atoms in total. The summed E-state index contributed by atoms with van der Waals surface area (Å²) < 4.78 is 9.92. The van der Waals surface area contributed by atoms with E-state index in [1.54, 1.807) is 6.07 Å². The standard InChI is InChI=1S/C12H13N3O5/c1-15(6-11(17)18)10(16)3-2-9-13-12(14-20-9)8-4-5-19-7-8/h4-5,7H,2-3,6H2,1H3,(H,17,18). The Balaban J connectivity index is 1.88.